The van der Waals surface area contributed by atoms with Crippen molar-refractivity contribution < 1.29 is 23.0 Å². The van der Waals surface area contributed by atoms with Crippen LogP contribution in [0.5, 0.6) is 5.75 Å². The van der Waals surface area contributed by atoms with E-state index in [9.17, 15) is 18.3 Å². The van der Waals surface area contributed by atoms with Gasteiger partial charge in [-0.2, -0.15) is 13.9 Å². The molecule has 1 aliphatic carbocycles. The summed E-state index contributed by atoms with van der Waals surface area (Å²) in [5.74, 6) is -1.40. The Bertz CT molecular complexity index is 1450. The average Bonchev–Trinajstić information content (AvgIpc) is 3.40. The van der Waals surface area contributed by atoms with Crippen LogP contribution in [0.15, 0.2) is 30.6 Å². The molecule has 4 N–H and O–H groups in total. The van der Waals surface area contributed by atoms with E-state index >= 15 is 0 Å². The van der Waals surface area contributed by atoms with Crippen molar-refractivity contribution in [3.8, 4) is 16.9 Å². The van der Waals surface area contributed by atoms with Crippen LogP contribution in [-0.4, -0.2) is 37.6 Å². The third-order valence-electron chi connectivity index (χ3n) is 7.26. The maximum atomic E-state index is 14.4. The lowest BCUT2D eigenvalue weighted by atomic mass is 9.91. The number of nitrogen functional groups attached to an aromatic ring is 1. The number of fused-ring (bicyclic) bond motifs is 1. The molecule has 3 aromatic heterocycles. The Morgan fingerprint density at radius 1 is 1.19 bits per heavy atom. The Labute approximate surface area is 216 Å². The summed E-state index contributed by atoms with van der Waals surface area (Å²) in [5.41, 5.74) is 10.1. The van der Waals surface area contributed by atoms with E-state index in [0.29, 0.717) is 16.6 Å². The molecular formula is C26H27ClF3N5O2. The number of hydrogen-bond donors (Lipinski definition) is 3. The molecule has 1 saturated carbocycles. The van der Waals surface area contributed by atoms with Crippen molar-refractivity contribution in [1.82, 2.24) is 19.7 Å². The molecule has 0 radical (unpaired) electrons. The molecule has 4 aromatic rings. The predicted octanol–water partition coefficient (Wildman–Crippen LogP) is 6.34. The van der Waals surface area contributed by atoms with Crippen molar-refractivity contribution >= 4 is 28.5 Å². The summed E-state index contributed by atoms with van der Waals surface area (Å²) >= 11 is 6.24. The van der Waals surface area contributed by atoms with E-state index in [-0.39, 0.29) is 34.3 Å². The fourth-order valence-electron chi connectivity index (χ4n) is 5.40. The molecule has 3 heterocycles. The SMILES string of the molecule is Cc1c(-c2cnc3[nH]c(N)c(C(C)c4c(OC(F)F)ccc(F)c4Cl)c3c2)cnn1C1CCC(O)CC1. The number of anilines is 1. The summed E-state index contributed by atoms with van der Waals surface area (Å²) in [6.07, 6.45) is 6.46. The topological polar surface area (TPSA) is 102 Å². The Morgan fingerprint density at radius 3 is 2.62 bits per heavy atom. The smallest absolute Gasteiger partial charge is 0.387 e. The van der Waals surface area contributed by atoms with E-state index in [1.54, 1.807) is 19.3 Å². The molecule has 196 valence electrons. The van der Waals surface area contributed by atoms with Gasteiger partial charge in [-0.25, -0.2) is 9.37 Å². The van der Waals surface area contributed by atoms with Crippen LogP contribution in [0, 0.1) is 12.7 Å². The minimum absolute atomic E-state index is 0.0726. The number of nitrogens with zero attached hydrogens (tertiary/aromatic N) is 3. The zero-order chi connectivity index (χ0) is 26.4. The second-order valence-corrected chi connectivity index (χ2v) is 9.87. The van der Waals surface area contributed by atoms with Gasteiger partial charge in [0.15, 0.2) is 0 Å². The lowest BCUT2D eigenvalue weighted by Crippen LogP contribution is -2.22. The average molecular weight is 534 g/mol. The van der Waals surface area contributed by atoms with Gasteiger partial charge in [0.25, 0.3) is 0 Å². The monoisotopic (exact) mass is 533 g/mol. The van der Waals surface area contributed by atoms with Crippen molar-refractivity contribution in [1.29, 1.82) is 0 Å². The van der Waals surface area contributed by atoms with Crippen LogP contribution in [0.1, 0.15) is 61.4 Å². The van der Waals surface area contributed by atoms with Gasteiger partial charge in [-0.05, 0) is 50.8 Å². The first kappa shape index (κ1) is 25.4. The number of pyridine rings is 1. The van der Waals surface area contributed by atoms with Gasteiger partial charge in [0.1, 0.15) is 23.0 Å². The van der Waals surface area contributed by atoms with Gasteiger partial charge in [0.2, 0.25) is 0 Å². The molecule has 0 bridgehead atoms. The Morgan fingerprint density at radius 2 is 1.92 bits per heavy atom. The summed E-state index contributed by atoms with van der Waals surface area (Å²) in [6.45, 7) is 0.589. The molecule has 1 fully saturated rings. The molecular weight excluding hydrogens is 507 g/mol. The number of aromatic amines is 1. The van der Waals surface area contributed by atoms with Gasteiger partial charge in [0, 0.05) is 45.4 Å². The number of nitrogens with two attached hydrogens (primary N) is 1. The van der Waals surface area contributed by atoms with Gasteiger partial charge in [-0.1, -0.05) is 18.5 Å². The molecule has 0 saturated heterocycles. The normalized spacial score (nSPS) is 19.0. The number of aliphatic hydroxyl groups excluding tert-OH is 1. The zero-order valence-corrected chi connectivity index (χ0v) is 21.1. The van der Waals surface area contributed by atoms with Gasteiger partial charge in [0.05, 0.1) is 23.4 Å². The van der Waals surface area contributed by atoms with E-state index in [0.717, 1.165) is 54.6 Å². The van der Waals surface area contributed by atoms with Crippen molar-refractivity contribution in [2.75, 3.05) is 5.73 Å². The molecule has 1 atom stereocenters. The molecule has 1 aliphatic rings. The third-order valence-corrected chi connectivity index (χ3v) is 7.65. The highest BCUT2D eigenvalue weighted by Crippen LogP contribution is 2.44. The molecule has 1 unspecified atom stereocenters. The van der Waals surface area contributed by atoms with Crippen LogP contribution < -0.4 is 10.5 Å². The number of halogens is 4. The van der Waals surface area contributed by atoms with Gasteiger partial charge < -0.3 is 20.6 Å². The fraction of sp³-hybridized carbons (Fsp3) is 0.385. The minimum Gasteiger partial charge on any atom is -0.434 e. The number of hydrogen-bond acceptors (Lipinski definition) is 5. The maximum absolute atomic E-state index is 14.4. The van der Waals surface area contributed by atoms with Crippen LogP contribution >= 0.6 is 11.6 Å². The van der Waals surface area contributed by atoms with E-state index < -0.39 is 18.3 Å². The van der Waals surface area contributed by atoms with E-state index in [4.69, 9.17) is 17.3 Å². The number of aliphatic hydroxyl groups is 1. The first-order chi connectivity index (χ1) is 17.7. The van der Waals surface area contributed by atoms with Gasteiger partial charge in [-0.3, -0.25) is 4.68 Å². The fourth-order valence-corrected chi connectivity index (χ4v) is 5.72. The highest BCUT2D eigenvalue weighted by Gasteiger charge is 2.27. The molecule has 7 nitrogen and oxygen atoms in total. The van der Waals surface area contributed by atoms with Crippen molar-refractivity contribution in [3.05, 3.63) is 58.3 Å². The number of ether oxygens (including phenoxy) is 1. The van der Waals surface area contributed by atoms with E-state index in [2.05, 4.69) is 19.8 Å². The zero-order valence-electron chi connectivity index (χ0n) is 20.3. The first-order valence-electron chi connectivity index (χ1n) is 12.1. The van der Waals surface area contributed by atoms with Crippen molar-refractivity contribution in [3.63, 3.8) is 0 Å². The van der Waals surface area contributed by atoms with E-state index in [1.807, 2.05) is 17.7 Å². The Hall–Kier alpha value is -3.24. The third kappa shape index (κ3) is 4.64. The Kier molecular flexibility index (Phi) is 6.80. The van der Waals surface area contributed by atoms with Crippen LogP contribution in [0.4, 0.5) is 19.0 Å². The van der Waals surface area contributed by atoms with Crippen LogP contribution in [0.3, 0.4) is 0 Å². The van der Waals surface area contributed by atoms with Crippen LogP contribution in [0.25, 0.3) is 22.2 Å². The standard InChI is InChI=1S/C26H27ClF3N5O2/c1-12(22-20(37-26(29)30)8-7-19(28)23(22)27)21-17-9-14(10-32-25(17)34-24(21)31)18-11-33-35(13(18)2)15-3-5-16(36)6-4-15/h7-12,15-16,26,36H,3-6,31H2,1-2H3,(H,32,34). The number of H-pyrrole nitrogens is 1. The summed E-state index contributed by atoms with van der Waals surface area (Å²) in [6, 6.07) is 4.24. The van der Waals surface area contributed by atoms with Crippen molar-refractivity contribution in [2.24, 2.45) is 0 Å². The molecule has 1 aromatic carbocycles. The second-order valence-electron chi connectivity index (χ2n) is 9.50. The number of rotatable bonds is 6. The molecule has 37 heavy (non-hydrogen) atoms. The van der Waals surface area contributed by atoms with Crippen LogP contribution in [-0.2, 0) is 0 Å². The van der Waals surface area contributed by atoms with Crippen LogP contribution in [0.2, 0.25) is 5.02 Å². The number of benzene rings is 1. The molecule has 0 spiro atoms. The Balaban J connectivity index is 1.57. The van der Waals surface area contributed by atoms with E-state index in [1.165, 1.54) is 0 Å². The molecule has 0 amide bonds. The predicted molar refractivity (Wildman–Crippen MR) is 136 cm³/mol. The number of aromatic nitrogens is 4. The maximum Gasteiger partial charge on any atom is 0.387 e. The van der Waals surface area contributed by atoms with Gasteiger partial charge in [-0.15, -0.1) is 0 Å². The lowest BCUT2D eigenvalue weighted by Gasteiger charge is -2.26. The van der Waals surface area contributed by atoms with Gasteiger partial charge >= 0.3 is 6.61 Å². The largest absolute Gasteiger partial charge is 0.434 e. The minimum atomic E-state index is -3.10. The summed E-state index contributed by atoms with van der Waals surface area (Å²) in [5, 5.41) is 14.8. The highest BCUT2D eigenvalue weighted by atomic mass is 35.5. The second kappa shape index (κ2) is 9.90. The quantitative estimate of drug-likeness (QED) is 0.268. The lowest BCUT2D eigenvalue weighted by molar-refractivity contribution is -0.0505. The summed E-state index contributed by atoms with van der Waals surface area (Å²) in [7, 11) is 0. The summed E-state index contributed by atoms with van der Waals surface area (Å²) < 4.78 is 47.2. The highest BCUT2D eigenvalue weighted by molar-refractivity contribution is 6.31. The summed E-state index contributed by atoms with van der Waals surface area (Å²) in [4.78, 5) is 7.56. The first-order valence-corrected chi connectivity index (χ1v) is 12.5. The van der Waals surface area contributed by atoms with Crippen molar-refractivity contribution in [2.45, 2.75) is 64.2 Å². The number of alkyl halides is 2. The molecule has 5 rings (SSSR count). The number of nitrogens with one attached hydrogen (secondary N) is 1. The molecule has 0 aliphatic heterocycles. The molecule has 11 heteroatoms.